The number of aryl methyl sites for hydroxylation is 2. The second-order valence-corrected chi connectivity index (χ2v) is 6.06. The maximum absolute atomic E-state index is 12.0. The average molecular weight is 361 g/mol. The summed E-state index contributed by atoms with van der Waals surface area (Å²) in [7, 11) is 0. The van der Waals surface area contributed by atoms with Crippen LogP contribution in [-0.2, 0) is 9.59 Å². The van der Waals surface area contributed by atoms with Crippen molar-refractivity contribution in [1.29, 1.82) is 0 Å². The van der Waals surface area contributed by atoms with Crippen molar-refractivity contribution < 1.29 is 14.3 Å². The molecule has 0 heterocycles. The minimum atomic E-state index is -0.268. The molecule has 5 nitrogen and oxygen atoms in total. The van der Waals surface area contributed by atoms with Crippen LogP contribution in [0.15, 0.2) is 36.4 Å². The van der Waals surface area contributed by atoms with E-state index in [1.54, 1.807) is 43.3 Å². The van der Waals surface area contributed by atoms with Crippen LogP contribution in [0, 0.1) is 13.8 Å². The molecule has 0 aromatic heterocycles. The molecule has 0 bridgehead atoms. The summed E-state index contributed by atoms with van der Waals surface area (Å²) in [4.78, 5) is 23.3. The lowest BCUT2D eigenvalue weighted by molar-refractivity contribution is -0.118. The van der Waals surface area contributed by atoms with E-state index in [1.165, 1.54) is 0 Å². The second-order valence-electron chi connectivity index (χ2n) is 5.69. The predicted molar refractivity (Wildman–Crippen MR) is 100 cm³/mol. The van der Waals surface area contributed by atoms with E-state index in [2.05, 4.69) is 10.6 Å². The van der Waals surface area contributed by atoms with Gasteiger partial charge in [-0.15, -0.1) is 0 Å². The first-order valence-corrected chi connectivity index (χ1v) is 8.36. The lowest BCUT2D eigenvalue weighted by atomic mass is 10.1. The molecule has 132 valence electrons. The molecule has 2 aromatic rings. The van der Waals surface area contributed by atoms with E-state index >= 15 is 0 Å². The fourth-order valence-corrected chi connectivity index (χ4v) is 2.33. The van der Waals surface area contributed by atoms with Gasteiger partial charge in [0.15, 0.2) is 6.61 Å². The fourth-order valence-electron chi connectivity index (χ4n) is 2.22. The van der Waals surface area contributed by atoms with E-state index in [0.29, 0.717) is 28.6 Å². The van der Waals surface area contributed by atoms with Crippen molar-refractivity contribution in [3.8, 4) is 5.75 Å². The minimum Gasteiger partial charge on any atom is -0.484 e. The van der Waals surface area contributed by atoms with Crippen LogP contribution < -0.4 is 15.4 Å². The van der Waals surface area contributed by atoms with Crippen LogP contribution in [0.4, 0.5) is 11.4 Å². The highest BCUT2D eigenvalue weighted by molar-refractivity contribution is 6.32. The molecule has 0 radical (unpaired) electrons. The van der Waals surface area contributed by atoms with Gasteiger partial charge in [-0.05, 0) is 61.4 Å². The van der Waals surface area contributed by atoms with Gasteiger partial charge in [0.25, 0.3) is 5.91 Å². The molecule has 0 atom stereocenters. The molecule has 2 N–H and O–H groups in total. The van der Waals surface area contributed by atoms with Crippen LogP contribution in [0.1, 0.15) is 24.5 Å². The van der Waals surface area contributed by atoms with Gasteiger partial charge in [0.2, 0.25) is 5.91 Å². The van der Waals surface area contributed by atoms with E-state index in [-0.39, 0.29) is 18.4 Å². The Kier molecular flexibility index (Phi) is 6.42. The summed E-state index contributed by atoms with van der Waals surface area (Å²) < 4.78 is 5.52. The van der Waals surface area contributed by atoms with Gasteiger partial charge in [0.1, 0.15) is 5.75 Å². The molecule has 0 spiro atoms. The molecule has 0 saturated heterocycles. The van der Waals surface area contributed by atoms with Crippen molar-refractivity contribution in [2.75, 3.05) is 17.2 Å². The van der Waals surface area contributed by atoms with Gasteiger partial charge in [-0.1, -0.05) is 18.5 Å². The number of hydrogen-bond acceptors (Lipinski definition) is 3. The number of ether oxygens (including phenoxy) is 1. The lowest BCUT2D eigenvalue weighted by Gasteiger charge is -2.11. The molecule has 2 amide bonds. The zero-order valence-electron chi connectivity index (χ0n) is 14.5. The monoisotopic (exact) mass is 360 g/mol. The summed E-state index contributed by atoms with van der Waals surface area (Å²) >= 11 is 6.11. The SMILES string of the molecule is CCC(=O)Nc1ccc(NC(=O)COc2cc(C)c(Cl)c(C)c2)cc1. The Balaban J connectivity index is 1.89. The Bertz CT molecular complexity index is 750. The summed E-state index contributed by atoms with van der Waals surface area (Å²) in [6.07, 6.45) is 0.416. The highest BCUT2D eigenvalue weighted by Crippen LogP contribution is 2.25. The molecule has 2 rings (SSSR count). The van der Waals surface area contributed by atoms with Crippen LogP contribution in [0.2, 0.25) is 5.02 Å². The van der Waals surface area contributed by atoms with Gasteiger partial charge in [0.05, 0.1) is 0 Å². The van der Waals surface area contributed by atoms with Crippen LogP contribution in [0.25, 0.3) is 0 Å². The number of benzene rings is 2. The quantitative estimate of drug-likeness (QED) is 0.806. The molecule has 0 saturated carbocycles. The smallest absolute Gasteiger partial charge is 0.262 e. The maximum Gasteiger partial charge on any atom is 0.262 e. The van der Waals surface area contributed by atoms with E-state index in [4.69, 9.17) is 16.3 Å². The van der Waals surface area contributed by atoms with Crippen molar-refractivity contribution in [2.45, 2.75) is 27.2 Å². The zero-order chi connectivity index (χ0) is 18.4. The van der Waals surface area contributed by atoms with Crippen molar-refractivity contribution in [3.05, 3.63) is 52.5 Å². The number of carbonyl (C=O) groups excluding carboxylic acids is 2. The number of nitrogens with one attached hydrogen (secondary N) is 2. The highest BCUT2D eigenvalue weighted by atomic mass is 35.5. The van der Waals surface area contributed by atoms with E-state index in [0.717, 1.165) is 11.1 Å². The summed E-state index contributed by atoms with van der Waals surface area (Å²) in [5.74, 6) is 0.279. The van der Waals surface area contributed by atoms with E-state index in [1.807, 2.05) is 13.8 Å². The number of anilines is 2. The summed E-state index contributed by atoms with van der Waals surface area (Å²) in [5.41, 5.74) is 3.13. The van der Waals surface area contributed by atoms with Crippen LogP contribution in [-0.4, -0.2) is 18.4 Å². The molecule has 25 heavy (non-hydrogen) atoms. The van der Waals surface area contributed by atoms with Gasteiger partial charge in [-0.25, -0.2) is 0 Å². The summed E-state index contributed by atoms with van der Waals surface area (Å²) in [6.45, 7) is 5.46. The first-order valence-electron chi connectivity index (χ1n) is 7.98. The molecule has 0 fully saturated rings. The maximum atomic E-state index is 12.0. The third kappa shape index (κ3) is 5.50. The summed E-state index contributed by atoms with van der Waals surface area (Å²) in [5, 5.41) is 6.19. The Morgan fingerprint density at radius 2 is 1.44 bits per heavy atom. The first kappa shape index (κ1) is 18.8. The van der Waals surface area contributed by atoms with Crippen LogP contribution >= 0.6 is 11.6 Å². The highest BCUT2D eigenvalue weighted by Gasteiger charge is 2.07. The molecule has 2 aromatic carbocycles. The van der Waals surface area contributed by atoms with Crippen LogP contribution in [0.3, 0.4) is 0 Å². The van der Waals surface area contributed by atoms with Gasteiger partial charge in [-0.2, -0.15) is 0 Å². The molecule has 6 heteroatoms. The third-order valence-corrected chi connectivity index (χ3v) is 4.15. The summed E-state index contributed by atoms with van der Waals surface area (Å²) in [6, 6.07) is 10.5. The number of halogens is 1. The second kappa shape index (κ2) is 8.53. The Morgan fingerprint density at radius 3 is 1.92 bits per heavy atom. The fraction of sp³-hybridized carbons (Fsp3) is 0.263. The first-order chi connectivity index (χ1) is 11.9. The predicted octanol–water partition coefficient (Wildman–Crippen LogP) is 4.32. The van der Waals surface area contributed by atoms with Gasteiger partial charge < -0.3 is 15.4 Å². The van der Waals surface area contributed by atoms with Crippen molar-refractivity contribution in [2.24, 2.45) is 0 Å². The third-order valence-electron chi connectivity index (χ3n) is 3.55. The number of rotatable bonds is 6. The molecule has 0 unspecified atom stereocenters. The lowest BCUT2D eigenvalue weighted by Crippen LogP contribution is -2.20. The van der Waals surface area contributed by atoms with E-state index in [9.17, 15) is 9.59 Å². The number of hydrogen-bond donors (Lipinski definition) is 2. The molecular formula is C19H21ClN2O3. The molecular weight excluding hydrogens is 340 g/mol. The topological polar surface area (TPSA) is 67.4 Å². The average Bonchev–Trinajstić information content (AvgIpc) is 2.59. The van der Waals surface area contributed by atoms with E-state index < -0.39 is 0 Å². The minimum absolute atomic E-state index is 0.0567. The molecule has 0 aliphatic heterocycles. The van der Waals surface area contributed by atoms with Gasteiger partial charge >= 0.3 is 0 Å². The number of amides is 2. The van der Waals surface area contributed by atoms with Crippen molar-refractivity contribution >= 4 is 34.8 Å². The standard InChI is InChI=1S/C19H21ClN2O3/c1-4-17(23)21-14-5-7-15(8-6-14)22-18(24)11-25-16-9-12(2)19(20)13(3)10-16/h5-10H,4,11H2,1-3H3,(H,21,23)(H,22,24). The molecule has 0 aliphatic carbocycles. The van der Waals surface area contributed by atoms with Gasteiger partial charge in [0, 0.05) is 22.8 Å². The Labute approximate surface area is 152 Å². The van der Waals surface area contributed by atoms with Crippen LogP contribution in [0.5, 0.6) is 5.75 Å². The number of carbonyl (C=O) groups is 2. The zero-order valence-corrected chi connectivity index (χ0v) is 15.2. The van der Waals surface area contributed by atoms with Crippen molar-refractivity contribution in [3.63, 3.8) is 0 Å². The Hall–Kier alpha value is -2.53. The largest absolute Gasteiger partial charge is 0.484 e. The molecule has 0 aliphatic rings. The Morgan fingerprint density at radius 1 is 0.960 bits per heavy atom. The van der Waals surface area contributed by atoms with Gasteiger partial charge in [-0.3, -0.25) is 9.59 Å². The normalized spacial score (nSPS) is 10.2. The van der Waals surface area contributed by atoms with Crippen molar-refractivity contribution in [1.82, 2.24) is 0 Å².